The van der Waals surface area contributed by atoms with E-state index in [-0.39, 0.29) is 5.91 Å². The molecule has 2 aromatic carbocycles. The van der Waals surface area contributed by atoms with Crippen molar-refractivity contribution in [2.75, 3.05) is 0 Å². The fourth-order valence-electron chi connectivity index (χ4n) is 2.22. The van der Waals surface area contributed by atoms with Crippen molar-refractivity contribution >= 4 is 34.1 Å². The van der Waals surface area contributed by atoms with Crippen LogP contribution in [0.3, 0.4) is 0 Å². The Morgan fingerprint density at radius 2 is 1.92 bits per heavy atom. The zero-order valence-corrected chi connectivity index (χ0v) is 15.4. The highest BCUT2D eigenvalue weighted by atomic mass is 79.9. The third-order valence-electron chi connectivity index (χ3n) is 3.46. The maximum absolute atomic E-state index is 12.0. The molecule has 6 nitrogen and oxygen atoms in total. The fraction of sp³-hybridized carbons (Fsp3) is 0.0526. The summed E-state index contributed by atoms with van der Waals surface area (Å²) in [7, 11) is 0. The number of halogens is 1. The van der Waals surface area contributed by atoms with E-state index in [1.165, 1.54) is 6.21 Å². The fourth-order valence-corrected chi connectivity index (χ4v) is 2.69. The van der Waals surface area contributed by atoms with E-state index in [1.54, 1.807) is 35.0 Å². The predicted molar refractivity (Wildman–Crippen MR) is 105 cm³/mol. The first-order chi connectivity index (χ1) is 12.7. The monoisotopic (exact) mass is 409 g/mol. The number of nitrogens with one attached hydrogen (secondary N) is 1. The number of carbonyl (C=O) groups is 1. The Bertz CT molecular complexity index is 934. The highest BCUT2D eigenvalue weighted by molar-refractivity contribution is 9.10. The van der Waals surface area contributed by atoms with Crippen LogP contribution in [0.5, 0.6) is 0 Å². The van der Waals surface area contributed by atoms with Crippen LogP contribution in [-0.2, 0) is 6.54 Å². The van der Waals surface area contributed by atoms with E-state index >= 15 is 0 Å². The lowest BCUT2D eigenvalue weighted by Gasteiger charge is -2.01. The zero-order valence-electron chi connectivity index (χ0n) is 13.8. The maximum Gasteiger partial charge on any atom is 0.272 e. The third-order valence-corrected chi connectivity index (χ3v) is 4.15. The molecule has 0 unspecified atom stereocenters. The number of allylic oxidation sites excluding steroid dienone is 1. The van der Waals surface area contributed by atoms with E-state index in [2.05, 4.69) is 36.8 Å². The highest BCUT2D eigenvalue weighted by Crippen LogP contribution is 2.15. The number of rotatable bonds is 6. The molecular formula is C19H16BrN5O. The van der Waals surface area contributed by atoms with Crippen molar-refractivity contribution in [1.82, 2.24) is 20.4 Å². The largest absolute Gasteiger partial charge is 0.272 e. The standard InChI is InChI=1S/C19H16BrN5O/c20-18-11-5-4-10-17(18)19(26)23-21-12-6-9-16-14-25(24-22-16)13-15-7-2-1-3-8-15/h1-12,14H,13H2,(H,23,26)/b9-6+,21-12-. The smallest absolute Gasteiger partial charge is 0.267 e. The summed E-state index contributed by atoms with van der Waals surface area (Å²) >= 11 is 3.33. The van der Waals surface area contributed by atoms with Crippen molar-refractivity contribution in [2.24, 2.45) is 5.10 Å². The van der Waals surface area contributed by atoms with Crippen LogP contribution in [0.15, 0.2) is 76.4 Å². The third kappa shape index (κ3) is 4.97. The maximum atomic E-state index is 12.0. The van der Waals surface area contributed by atoms with Gasteiger partial charge in [-0.3, -0.25) is 4.79 Å². The Kier molecular flexibility index (Phi) is 6.05. The number of aromatic nitrogens is 3. The van der Waals surface area contributed by atoms with Crippen LogP contribution in [-0.4, -0.2) is 27.1 Å². The number of nitrogens with zero attached hydrogens (tertiary/aromatic N) is 4. The van der Waals surface area contributed by atoms with Crippen molar-refractivity contribution in [3.05, 3.63) is 88.2 Å². The summed E-state index contributed by atoms with van der Waals surface area (Å²) in [6, 6.07) is 17.2. The van der Waals surface area contributed by atoms with Crippen LogP contribution < -0.4 is 5.43 Å². The average Bonchev–Trinajstić information content (AvgIpc) is 3.10. The van der Waals surface area contributed by atoms with E-state index in [4.69, 9.17) is 0 Å². The van der Waals surface area contributed by atoms with Gasteiger partial charge in [-0.15, -0.1) is 5.10 Å². The Labute approximate surface area is 159 Å². The molecule has 0 fully saturated rings. The SMILES string of the molecule is O=C(N/N=C\C=C\c1cn(Cc2ccccc2)nn1)c1ccccc1Br. The molecule has 1 amide bonds. The summed E-state index contributed by atoms with van der Waals surface area (Å²) in [5, 5.41) is 12.1. The van der Waals surface area contributed by atoms with E-state index < -0.39 is 0 Å². The van der Waals surface area contributed by atoms with Crippen molar-refractivity contribution in [2.45, 2.75) is 6.54 Å². The summed E-state index contributed by atoms with van der Waals surface area (Å²) < 4.78 is 2.49. The summed E-state index contributed by atoms with van der Waals surface area (Å²) in [4.78, 5) is 12.0. The first kappa shape index (κ1) is 17.8. The van der Waals surface area contributed by atoms with E-state index in [9.17, 15) is 4.79 Å². The Morgan fingerprint density at radius 3 is 2.73 bits per heavy atom. The minimum Gasteiger partial charge on any atom is -0.267 e. The molecule has 0 saturated heterocycles. The van der Waals surface area contributed by atoms with Crippen LogP contribution in [0.4, 0.5) is 0 Å². The van der Waals surface area contributed by atoms with Crippen molar-refractivity contribution < 1.29 is 4.79 Å². The van der Waals surface area contributed by atoms with Gasteiger partial charge in [0.1, 0.15) is 5.69 Å². The van der Waals surface area contributed by atoms with Gasteiger partial charge in [-0.25, -0.2) is 10.1 Å². The van der Waals surface area contributed by atoms with Crippen molar-refractivity contribution in [1.29, 1.82) is 0 Å². The van der Waals surface area contributed by atoms with Crippen LogP contribution in [0.25, 0.3) is 6.08 Å². The summed E-state index contributed by atoms with van der Waals surface area (Å²) in [5.74, 6) is -0.282. The normalized spacial score (nSPS) is 11.3. The lowest BCUT2D eigenvalue weighted by Crippen LogP contribution is -2.17. The molecule has 0 spiro atoms. The van der Waals surface area contributed by atoms with Gasteiger partial charge in [0.2, 0.25) is 0 Å². The second-order valence-corrected chi connectivity index (χ2v) is 6.24. The molecule has 1 N–H and O–H groups in total. The molecule has 1 aromatic heterocycles. The van der Waals surface area contributed by atoms with E-state index in [0.717, 1.165) is 10.0 Å². The van der Waals surface area contributed by atoms with Crippen molar-refractivity contribution in [3.8, 4) is 0 Å². The van der Waals surface area contributed by atoms with Gasteiger partial charge in [0.05, 0.1) is 18.3 Å². The molecule has 3 aromatic rings. The first-order valence-corrected chi connectivity index (χ1v) is 8.70. The lowest BCUT2D eigenvalue weighted by molar-refractivity contribution is 0.0954. The number of hydrogen-bond donors (Lipinski definition) is 1. The molecule has 0 atom stereocenters. The van der Waals surface area contributed by atoms with Crippen LogP contribution in [0.2, 0.25) is 0 Å². The lowest BCUT2D eigenvalue weighted by atomic mass is 10.2. The van der Waals surface area contributed by atoms with Gasteiger partial charge < -0.3 is 0 Å². The average molecular weight is 410 g/mol. The van der Waals surface area contributed by atoms with E-state index in [0.29, 0.717) is 17.8 Å². The van der Waals surface area contributed by atoms with Gasteiger partial charge in [0, 0.05) is 10.7 Å². The molecule has 0 radical (unpaired) electrons. The molecule has 7 heteroatoms. The molecule has 1 heterocycles. The molecule has 3 rings (SSSR count). The van der Waals surface area contributed by atoms with Crippen molar-refractivity contribution in [3.63, 3.8) is 0 Å². The minimum atomic E-state index is -0.282. The van der Waals surface area contributed by atoms with Gasteiger partial charge in [0.25, 0.3) is 5.91 Å². The van der Waals surface area contributed by atoms with Gasteiger partial charge in [-0.2, -0.15) is 5.10 Å². The number of amides is 1. The highest BCUT2D eigenvalue weighted by Gasteiger charge is 2.07. The summed E-state index contributed by atoms with van der Waals surface area (Å²) in [6.07, 6.45) is 6.79. The molecule has 0 bridgehead atoms. The van der Waals surface area contributed by atoms with Gasteiger partial charge >= 0.3 is 0 Å². The van der Waals surface area contributed by atoms with Crippen LogP contribution in [0.1, 0.15) is 21.6 Å². The summed E-state index contributed by atoms with van der Waals surface area (Å²) in [6.45, 7) is 0.664. The Morgan fingerprint density at radius 1 is 1.15 bits per heavy atom. The number of hydrogen-bond acceptors (Lipinski definition) is 4. The predicted octanol–water partition coefficient (Wildman–Crippen LogP) is 3.52. The Hall–Kier alpha value is -3.06. The number of benzene rings is 2. The first-order valence-electron chi connectivity index (χ1n) is 7.91. The second-order valence-electron chi connectivity index (χ2n) is 5.38. The van der Waals surface area contributed by atoms with Crippen LogP contribution >= 0.6 is 15.9 Å². The second kappa shape index (κ2) is 8.87. The molecule has 26 heavy (non-hydrogen) atoms. The molecule has 0 aliphatic heterocycles. The topological polar surface area (TPSA) is 72.2 Å². The van der Waals surface area contributed by atoms with E-state index in [1.807, 2.05) is 42.6 Å². The molecule has 0 aliphatic carbocycles. The number of carbonyl (C=O) groups excluding carboxylic acids is 1. The summed E-state index contributed by atoms with van der Waals surface area (Å²) in [5.41, 5.74) is 4.87. The number of hydrazone groups is 1. The van der Waals surface area contributed by atoms with Gasteiger partial charge in [-0.1, -0.05) is 47.7 Å². The molecule has 130 valence electrons. The quantitative estimate of drug-likeness (QED) is 0.499. The zero-order chi connectivity index (χ0) is 18.2. The van der Waals surface area contributed by atoms with Crippen LogP contribution in [0, 0.1) is 0 Å². The molecule has 0 saturated carbocycles. The Balaban J connectivity index is 1.52. The van der Waals surface area contributed by atoms with Gasteiger partial charge in [-0.05, 0) is 45.8 Å². The molecule has 0 aliphatic rings. The minimum absolute atomic E-state index is 0.282. The van der Waals surface area contributed by atoms with Gasteiger partial charge in [0.15, 0.2) is 0 Å². The molecular weight excluding hydrogens is 394 g/mol.